The third kappa shape index (κ3) is 4.80. The van der Waals surface area contributed by atoms with Gasteiger partial charge in [0.1, 0.15) is 5.69 Å². The number of hydrogen-bond acceptors (Lipinski definition) is 11. The van der Waals surface area contributed by atoms with Crippen LogP contribution in [0.5, 0.6) is 0 Å². The van der Waals surface area contributed by atoms with Crippen molar-refractivity contribution < 1.29 is 49.8 Å². The first-order valence-electron chi connectivity index (χ1n) is 10.0. The number of thiazole rings is 1. The average Bonchev–Trinajstić information content (AvgIpc) is 3.06. The van der Waals surface area contributed by atoms with Gasteiger partial charge < -0.3 is 15.7 Å². The Labute approximate surface area is 171 Å². The monoisotopic (exact) mass is 442 g/mol. The van der Waals surface area contributed by atoms with Crippen LogP contribution in [0.25, 0.3) is 0 Å². The summed E-state index contributed by atoms with van der Waals surface area (Å²) in [5, 5.41) is 12.6. The molecule has 0 aromatic carbocycles. The van der Waals surface area contributed by atoms with Gasteiger partial charge in [-0.3, -0.25) is 14.1 Å². The van der Waals surface area contributed by atoms with Crippen molar-refractivity contribution in [2.45, 2.75) is 25.7 Å². The van der Waals surface area contributed by atoms with Crippen LogP contribution < -0.4 is 5.73 Å². The van der Waals surface area contributed by atoms with Crippen molar-refractivity contribution in [3.63, 3.8) is 0 Å². The summed E-state index contributed by atoms with van der Waals surface area (Å²) in [6, 6.07) is 0. The second-order valence-corrected chi connectivity index (χ2v) is 7.15. The fraction of sp³-hybridized carbons (Fsp3) is 0.462. The molecule has 1 aromatic heterocycles. The van der Waals surface area contributed by atoms with Crippen molar-refractivity contribution in [1.29, 1.82) is 0 Å². The molecule has 13 nitrogen and oxygen atoms in total. The van der Waals surface area contributed by atoms with Gasteiger partial charge in [-0.15, -0.1) is 15.6 Å². The molecule has 0 unspecified atom stereocenters. The number of hydroxylamine groups is 2. The SMILES string of the molecule is [2H]C([2H])([2H])C1(C([2H])([2H])[2H])[C@H](CC(=O)/C(=N\OCC(=O)O)c2csc(N)n2)C(=O)N1OS(=O)(=O)O. The van der Waals surface area contributed by atoms with Crippen LogP contribution in [0.2, 0.25) is 0 Å². The van der Waals surface area contributed by atoms with Crippen LogP contribution >= 0.6 is 11.3 Å². The number of carbonyl (C=O) groups is 3. The van der Waals surface area contributed by atoms with E-state index >= 15 is 0 Å². The van der Waals surface area contributed by atoms with Crippen LogP contribution in [0.3, 0.4) is 0 Å². The lowest BCUT2D eigenvalue weighted by Gasteiger charge is -2.50. The van der Waals surface area contributed by atoms with Gasteiger partial charge in [0, 0.05) is 20.0 Å². The summed E-state index contributed by atoms with van der Waals surface area (Å²) in [7, 11) is -5.54. The number of nitrogens with zero attached hydrogens (tertiary/aromatic N) is 3. The van der Waals surface area contributed by atoms with Crippen molar-refractivity contribution in [1.82, 2.24) is 10.0 Å². The summed E-state index contributed by atoms with van der Waals surface area (Å²) in [6.07, 6.45) is -1.17. The zero-order chi connectivity index (χ0) is 26.3. The van der Waals surface area contributed by atoms with Crippen LogP contribution in [-0.4, -0.2) is 63.6 Å². The molecule has 2 rings (SSSR count). The van der Waals surface area contributed by atoms with Gasteiger partial charge in [-0.2, -0.15) is 13.5 Å². The Bertz CT molecular complexity index is 1120. The number of ketones is 1. The molecule has 1 atom stereocenters. The number of β-lactam (4-membered cyclic amide) rings is 1. The van der Waals surface area contributed by atoms with Gasteiger partial charge in [-0.25, -0.2) is 9.78 Å². The van der Waals surface area contributed by atoms with E-state index < -0.39 is 77.0 Å². The zero-order valence-electron chi connectivity index (χ0n) is 19.6. The maximum absolute atomic E-state index is 12.9. The third-order valence-corrected chi connectivity index (χ3v) is 4.27. The summed E-state index contributed by atoms with van der Waals surface area (Å²) < 4.78 is 81.2. The summed E-state index contributed by atoms with van der Waals surface area (Å²) in [6.45, 7) is -8.29. The number of nitrogen functional groups attached to an aromatic ring is 1. The number of aliphatic carboxylic acids is 1. The largest absolute Gasteiger partial charge is 0.479 e. The molecule has 0 radical (unpaired) electrons. The lowest BCUT2D eigenvalue weighted by atomic mass is 9.74. The van der Waals surface area contributed by atoms with E-state index in [4.69, 9.17) is 23.6 Å². The number of nitrogens with two attached hydrogens (primary N) is 1. The lowest BCUT2D eigenvalue weighted by Crippen LogP contribution is -2.68. The van der Waals surface area contributed by atoms with Gasteiger partial charge in [0.05, 0.1) is 11.5 Å². The minimum Gasteiger partial charge on any atom is -0.479 e. The number of carboxylic acid groups (broad SMARTS) is 1. The van der Waals surface area contributed by atoms with E-state index in [2.05, 4.69) is 19.3 Å². The van der Waals surface area contributed by atoms with E-state index in [-0.39, 0.29) is 10.8 Å². The molecular formula is C13H16N4O9S2. The Kier molecular flexibility index (Phi) is 4.00. The van der Waals surface area contributed by atoms with Crippen molar-refractivity contribution in [3.8, 4) is 0 Å². The molecule has 1 fully saturated rings. The van der Waals surface area contributed by atoms with Gasteiger partial charge in [-0.1, -0.05) is 5.16 Å². The van der Waals surface area contributed by atoms with Gasteiger partial charge in [0.2, 0.25) is 6.61 Å². The van der Waals surface area contributed by atoms with E-state index in [1.54, 1.807) is 0 Å². The van der Waals surface area contributed by atoms with E-state index in [1.165, 1.54) is 5.38 Å². The number of carboxylic acids is 1. The Balaban J connectivity index is 2.53. The second-order valence-electron chi connectivity index (χ2n) is 5.26. The topological polar surface area (TPSA) is 199 Å². The molecule has 1 amide bonds. The summed E-state index contributed by atoms with van der Waals surface area (Å²) in [4.78, 5) is 44.4. The minimum absolute atomic E-state index is 0.0551. The van der Waals surface area contributed by atoms with Crippen LogP contribution in [0.4, 0.5) is 5.13 Å². The van der Waals surface area contributed by atoms with Crippen molar-refractivity contribution in [2.24, 2.45) is 11.1 Å². The predicted molar refractivity (Wildman–Crippen MR) is 93.3 cm³/mol. The van der Waals surface area contributed by atoms with Crippen molar-refractivity contribution in [2.75, 3.05) is 12.3 Å². The highest BCUT2D eigenvalue weighted by Gasteiger charge is 2.57. The summed E-state index contributed by atoms with van der Waals surface area (Å²) in [5.74, 6) is -6.44. The van der Waals surface area contributed by atoms with Crippen LogP contribution in [-0.2, 0) is 33.9 Å². The highest BCUT2D eigenvalue weighted by Crippen LogP contribution is 2.40. The van der Waals surface area contributed by atoms with Gasteiger partial charge in [0.25, 0.3) is 5.91 Å². The highest BCUT2D eigenvalue weighted by atomic mass is 32.3. The molecule has 1 aromatic rings. The first-order chi connectivity index (χ1) is 15.3. The Morgan fingerprint density at radius 2 is 2.21 bits per heavy atom. The lowest BCUT2D eigenvalue weighted by molar-refractivity contribution is -0.228. The Morgan fingerprint density at radius 3 is 2.71 bits per heavy atom. The third-order valence-electron chi connectivity index (χ3n) is 3.25. The fourth-order valence-electron chi connectivity index (χ4n) is 2.07. The maximum Gasteiger partial charge on any atom is 0.418 e. The van der Waals surface area contributed by atoms with Crippen molar-refractivity contribution in [3.05, 3.63) is 11.1 Å². The molecule has 4 N–H and O–H groups in total. The van der Waals surface area contributed by atoms with Crippen molar-refractivity contribution >= 4 is 50.2 Å². The Hall–Kier alpha value is -2.62. The van der Waals surface area contributed by atoms with E-state index in [0.29, 0.717) is 0 Å². The summed E-state index contributed by atoms with van der Waals surface area (Å²) >= 11 is 0.836. The smallest absolute Gasteiger partial charge is 0.418 e. The maximum atomic E-state index is 12.9. The molecule has 1 aliphatic heterocycles. The van der Waals surface area contributed by atoms with Crippen LogP contribution in [0.15, 0.2) is 10.5 Å². The molecule has 2 heterocycles. The number of carbonyl (C=O) groups excluding carboxylic acids is 2. The number of anilines is 1. The number of hydrogen-bond donors (Lipinski definition) is 3. The Morgan fingerprint density at radius 1 is 1.54 bits per heavy atom. The minimum atomic E-state index is -5.54. The molecule has 0 aliphatic carbocycles. The molecule has 28 heavy (non-hydrogen) atoms. The molecular weight excluding hydrogens is 420 g/mol. The van der Waals surface area contributed by atoms with Gasteiger partial charge >= 0.3 is 16.4 Å². The second kappa shape index (κ2) is 7.78. The normalized spacial score (nSPS) is 23.3. The highest BCUT2D eigenvalue weighted by molar-refractivity contribution is 7.80. The van der Waals surface area contributed by atoms with E-state index in [9.17, 15) is 22.8 Å². The molecule has 15 heteroatoms. The molecule has 1 saturated heterocycles. The standard InChI is InChI=1S/C13H16N4O9S2/c1-13(2)6(11(21)17(13)26-28(22,23)24)3-8(18)10(16-25-4-9(19)20)7-5-27-12(14)15-7/h5-6H,3-4H2,1-2H3,(H2,14,15)(H,19,20)(H,22,23,24)/b16-10-/t6-/m1/s1/i1D3,2D3. The molecule has 154 valence electrons. The number of rotatable bonds is 9. The zero-order valence-corrected chi connectivity index (χ0v) is 15.2. The molecule has 0 bridgehead atoms. The predicted octanol–water partition coefficient (Wildman–Crippen LogP) is -0.539. The van der Waals surface area contributed by atoms with Crippen LogP contribution in [0.1, 0.15) is 34.0 Å². The molecule has 0 spiro atoms. The van der Waals surface area contributed by atoms with Crippen LogP contribution in [0, 0.1) is 5.92 Å². The fourth-order valence-corrected chi connectivity index (χ4v) is 2.99. The molecule has 0 saturated carbocycles. The van der Waals surface area contributed by atoms with Gasteiger partial charge in [-0.05, 0) is 13.7 Å². The van der Waals surface area contributed by atoms with Gasteiger partial charge in [0.15, 0.2) is 16.6 Å². The number of aromatic nitrogens is 1. The number of oxime groups is 1. The molecule has 1 aliphatic rings. The summed E-state index contributed by atoms with van der Waals surface area (Å²) in [5.41, 5.74) is 1.17. The average molecular weight is 442 g/mol. The number of Topliss-reactive ketones (excluding diaryl/α,β-unsaturated/α-hetero) is 1. The number of amides is 1. The first kappa shape index (κ1) is 14.4. The quantitative estimate of drug-likeness (QED) is 0.192. The van der Waals surface area contributed by atoms with E-state index in [0.717, 1.165) is 11.3 Å². The van der Waals surface area contributed by atoms with E-state index in [1.807, 2.05) is 0 Å². The first-order valence-corrected chi connectivity index (χ1v) is 9.25.